The number of para-hydroxylation sites is 1. The van der Waals surface area contributed by atoms with Crippen LogP contribution in [0.1, 0.15) is 6.92 Å². The highest BCUT2D eigenvalue weighted by Gasteiger charge is 1.87. The van der Waals surface area contributed by atoms with Crippen LogP contribution < -0.4 is 11.1 Å². The minimum absolute atomic E-state index is 0.250. The lowest BCUT2D eigenvalue weighted by atomic mass is 10.3. The lowest BCUT2D eigenvalue weighted by molar-refractivity contribution is 0.318. The van der Waals surface area contributed by atoms with Crippen molar-refractivity contribution in [3.8, 4) is 0 Å². The van der Waals surface area contributed by atoms with Crippen molar-refractivity contribution in [1.82, 2.24) is 0 Å². The maximum atomic E-state index is 7.57. The molecule has 1 aromatic rings. The number of hydrogen-bond acceptors (Lipinski definition) is 2. The summed E-state index contributed by atoms with van der Waals surface area (Å²) in [6, 6.07) is 9.57. The third kappa shape index (κ3) is 7.24. The lowest BCUT2D eigenvalue weighted by Crippen LogP contribution is -2.18. The van der Waals surface area contributed by atoms with Gasteiger partial charge in [0.15, 0.2) is 5.11 Å². The van der Waals surface area contributed by atoms with Gasteiger partial charge in [-0.25, -0.2) is 0 Å². The molecule has 4 heteroatoms. The van der Waals surface area contributed by atoms with Crippen molar-refractivity contribution in [3.63, 3.8) is 0 Å². The predicted molar refractivity (Wildman–Crippen MR) is 59.6 cm³/mol. The van der Waals surface area contributed by atoms with Crippen molar-refractivity contribution in [1.29, 1.82) is 0 Å². The Morgan fingerprint density at radius 2 is 1.92 bits per heavy atom. The van der Waals surface area contributed by atoms with E-state index < -0.39 is 0 Å². The summed E-state index contributed by atoms with van der Waals surface area (Å²) >= 11 is 4.64. The second kappa shape index (κ2) is 7.52. The van der Waals surface area contributed by atoms with E-state index in [1.807, 2.05) is 30.3 Å². The highest BCUT2D eigenvalue weighted by atomic mass is 32.1. The quantitative estimate of drug-likeness (QED) is 0.596. The molecule has 0 unspecified atom stereocenters. The highest BCUT2D eigenvalue weighted by Crippen LogP contribution is 2.03. The molecule has 0 heterocycles. The Kier molecular flexibility index (Phi) is 6.86. The fourth-order valence-corrected chi connectivity index (χ4v) is 0.782. The molecule has 0 radical (unpaired) electrons. The van der Waals surface area contributed by atoms with Crippen molar-refractivity contribution < 1.29 is 5.11 Å². The normalized spacial score (nSPS) is 8.15. The van der Waals surface area contributed by atoms with E-state index in [0.29, 0.717) is 5.11 Å². The molecule has 0 aromatic heterocycles. The minimum atomic E-state index is 0.250. The Bertz CT molecular complexity index is 239. The van der Waals surface area contributed by atoms with Gasteiger partial charge < -0.3 is 16.2 Å². The van der Waals surface area contributed by atoms with Crippen LogP contribution >= 0.6 is 12.2 Å². The van der Waals surface area contributed by atoms with E-state index in [0.717, 1.165) is 5.69 Å². The van der Waals surface area contributed by atoms with Crippen LogP contribution in [0.25, 0.3) is 0 Å². The summed E-state index contributed by atoms with van der Waals surface area (Å²) in [5.41, 5.74) is 6.17. The van der Waals surface area contributed by atoms with Crippen LogP contribution in [0.2, 0.25) is 0 Å². The highest BCUT2D eigenvalue weighted by molar-refractivity contribution is 7.80. The topological polar surface area (TPSA) is 58.3 Å². The third-order valence-corrected chi connectivity index (χ3v) is 1.14. The van der Waals surface area contributed by atoms with E-state index in [-0.39, 0.29) is 6.61 Å². The fourth-order valence-electron chi connectivity index (χ4n) is 0.664. The van der Waals surface area contributed by atoms with Crippen LogP contribution in [0.4, 0.5) is 5.69 Å². The second-order valence-electron chi connectivity index (χ2n) is 2.17. The number of rotatable bonds is 1. The molecule has 0 saturated carbocycles. The van der Waals surface area contributed by atoms with Crippen molar-refractivity contribution in [3.05, 3.63) is 30.3 Å². The van der Waals surface area contributed by atoms with E-state index in [1.165, 1.54) is 0 Å². The number of aliphatic hydroxyl groups excluding tert-OH is 1. The van der Waals surface area contributed by atoms with E-state index >= 15 is 0 Å². The Morgan fingerprint density at radius 3 is 2.31 bits per heavy atom. The predicted octanol–water partition coefficient (Wildman–Crippen LogP) is 1.34. The number of thiocarbonyl (C=S) groups is 1. The number of nitrogens with one attached hydrogen (secondary N) is 1. The molecule has 0 bridgehead atoms. The van der Waals surface area contributed by atoms with Gasteiger partial charge in [-0.2, -0.15) is 0 Å². The fraction of sp³-hybridized carbons (Fsp3) is 0.222. The average molecular weight is 198 g/mol. The van der Waals surface area contributed by atoms with Gasteiger partial charge in [-0.05, 0) is 31.3 Å². The first kappa shape index (κ1) is 11.9. The molecule has 0 aliphatic carbocycles. The van der Waals surface area contributed by atoms with Gasteiger partial charge in [-0.15, -0.1) is 0 Å². The Labute approximate surface area is 83.6 Å². The molecule has 0 amide bonds. The summed E-state index contributed by atoms with van der Waals surface area (Å²) in [5, 5.41) is 10.7. The van der Waals surface area contributed by atoms with Gasteiger partial charge >= 0.3 is 0 Å². The number of nitrogens with two attached hydrogens (primary N) is 1. The van der Waals surface area contributed by atoms with Crippen LogP contribution in [-0.2, 0) is 0 Å². The van der Waals surface area contributed by atoms with Gasteiger partial charge in [-0.3, -0.25) is 0 Å². The van der Waals surface area contributed by atoms with Crippen LogP contribution in [0.5, 0.6) is 0 Å². The molecule has 0 fully saturated rings. The van der Waals surface area contributed by atoms with Crippen molar-refractivity contribution in [2.75, 3.05) is 11.9 Å². The van der Waals surface area contributed by atoms with Crippen LogP contribution in [0.15, 0.2) is 30.3 Å². The van der Waals surface area contributed by atoms with E-state index in [2.05, 4.69) is 17.5 Å². The molecular weight excluding hydrogens is 184 g/mol. The molecule has 0 spiro atoms. The standard InChI is InChI=1S/C7H8N2S.C2H6O/c8-7(10)9-6-4-2-1-3-5-6;1-2-3/h1-5H,(H3,8,9,10);3H,2H2,1H3. The summed E-state index contributed by atoms with van der Waals surface area (Å²) in [7, 11) is 0. The number of benzene rings is 1. The summed E-state index contributed by atoms with van der Waals surface area (Å²) in [6.45, 7) is 1.93. The molecule has 4 N–H and O–H groups in total. The molecule has 0 aliphatic rings. The van der Waals surface area contributed by atoms with E-state index in [1.54, 1.807) is 6.92 Å². The van der Waals surface area contributed by atoms with Gasteiger partial charge in [-0.1, -0.05) is 18.2 Å². The molecule has 1 rings (SSSR count). The first-order valence-electron chi connectivity index (χ1n) is 3.93. The minimum Gasteiger partial charge on any atom is -0.397 e. The largest absolute Gasteiger partial charge is 0.397 e. The first-order chi connectivity index (χ1) is 6.20. The molecule has 0 aliphatic heterocycles. The number of anilines is 1. The second-order valence-corrected chi connectivity index (χ2v) is 2.61. The number of hydrogen-bond donors (Lipinski definition) is 3. The van der Waals surface area contributed by atoms with Gasteiger partial charge in [0.05, 0.1) is 0 Å². The van der Waals surface area contributed by atoms with E-state index in [4.69, 9.17) is 10.8 Å². The summed E-state index contributed by atoms with van der Waals surface area (Å²) in [6.07, 6.45) is 0. The monoisotopic (exact) mass is 198 g/mol. The molecule has 1 aromatic carbocycles. The summed E-state index contributed by atoms with van der Waals surface area (Å²) in [5.74, 6) is 0. The third-order valence-electron chi connectivity index (χ3n) is 1.04. The van der Waals surface area contributed by atoms with Crippen molar-refractivity contribution >= 4 is 23.0 Å². The zero-order valence-electron chi connectivity index (χ0n) is 7.53. The zero-order chi connectivity index (χ0) is 10.1. The van der Waals surface area contributed by atoms with Crippen molar-refractivity contribution in [2.24, 2.45) is 5.73 Å². The summed E-state index contributed by atoms with van der Waals surface area (Å²) in [4.78, 5) is 0. The molecular formula is C9H14N2OS. The zero-order valence-corrected chi connectivity index (χ0v) is 8.34. The Balaban J connectivity index is 0.000000424. The maximum Gasteiger partial charge on any atom is 0.168 e. The first-order valence-corrected chi connectivity index (χ1v) is 4.34. The average Bonchev–Trinajstić information content (AvgIpc) is 2.06. The van der Waals surface area contributed by atoms with Gasteiger partial charge in [0.25, 0.3) is 0 Å². The van der Waals surface area contributed by atoms with Crippen LogP contribution in [0.3, 0.4) is 0 Å². The van der Waals surface area contributed by atoms with Crippen LogP contribution in [-0.4, -0.2) is 16.8 Å². The molecule has 72 valence electrons. The smallest absolute Gasteiger partial charge is 0.168 e. The Hall–Kier alpha value is -1.13. The van der Waals surface area contributed by atoms with Gasteiger partial charge in [0.2, 0.25) is 0 Å². The number of aliphatic hydroxyl groups is 1. The molecule has 3 nitrogen and oxygen atoms in total. The SMILES string of the molecule is CCO.NC(=S)Nc1ccccc1. The van der Waals surface area contributed by atoms with Crippen LogP contribution in [0, 0.1) is 0 Å². The molecule has 13 heavy (non-hydrogen) atoms. The molecule has 0 atom stereocenters. The maximum absolute atomic E-state index is 7.57. The summed E-state index contributed by atoms with van der Waals surface area (Å²) < 4.78 is 0. The van der Waals surface area contributed by atoms with E-state index in [9.17, 15) is 0 Å². The Morgan fingerprint density at radius 1 is 1.46 bits per heavy atom. The lowest BCUT2D eigenvalue weighted by Gasteiger charge is -2.00. The van der Waals surface area contributed by atoms with Gasteiger partial charge in [0.1, 0.15) is 0 Å². The van der Waals surface area contributed by atoms with Gasteiger partial charge in [0, 0.05) is 12.3 Å². The van der Waals surface area contributed by atoms with Crippen molar-refractivity contribution in [2.45, 2.75) is 6.92 Å². The molecule has 0 saturated heterocycles.